The molecule has 2 amide bonds. The molecule has 1 aliphatic heterocycles. The number of rotatable bonds is 8. The van der Waals surface area contributed by atoms with Crippen molar-refractivity contribution >= 4 is 34.7 Å². The average molecular weight is 481 g/mol. The van der Waals surface area contributed by atoms with E-state index in [9.17, 15) is 14.7 Å². The highest BCUT2D eigenvalue weighted by atomic mass is 35.5. The average Bonchev–Trinajstić information content (AvgIpc) is 3.25. The van der Waals surface area contributed by atoms with Gasteiger partial charge in [-0.3, -0.25) is 14.5 Å². The second-order valence-electron chi connectivity index (χ2n) is 8.03. The molecule has 0 spiro atoms. The lowest BCUT2D eigenvalue weighted by atomic mass is 10.0. The van der Waals surface area contributed by atoms with Crippen molar-refractivity contribution in [3.05, 3.63) is 70.6 Å². The first-order chi connectivity index (χ1) is 16.4. The highest BCUT2D eigenvalue weighted by Gasteiger charge is 2.46. The second kappa shape index (κ2) is 9.79. The van der Waals surface area contributed by atoms with E-state index in [1.807, 2.05) is 26.0 Å². The summed E-state index contributed by atoms with van der Waals surface area (Å²) in [5.74, 6) is -1.49. The first kappa shape index (κ1) is 23.7. The smallest absolute Gasteiger partial charge is 0.326 e. The third-order valence-corrected chi connectivity index (χ3v) is 5.86. The molecule has 0 fully saturated rings. The Morgan fingerprint density at radius 3 is 2.53 bits per heavy atom. The third kappa shape index (κ3) is 4.22. The SMILES string of the molecule is CCCc1nn(-c2cccc(Cl)c2)c([O-])c1C1=C([n+]2ccc(C)cc2)C(=O)N(CCOC)C1=O. The van der Waals surface area contributed by atoms with Gasteiger partial charge in [-0.25, -0.2) is 4.68 Å². The summed E-state index contributed by atoms with van der Waals surface area (Å²) in [5.41, 5.74) is 2.26. The van der Waals surface area contributed by atoms with Crippen LogP contribution in [0.15, 0.2) is 48.8 Å². The number of aryl methyl sites for hydroxylation is 2. The molecular formula is C25H25ClN4O4. The molecule has 0 aliphatic carbocycles. The standard InChI is InChI=1S/C25H25ClN4O4/c1-4-6-19-20(24(32)30(27-19)18-8-5-7-17(26)15-18)21-22(28-11-9-16(2)10-12-28)25(33)29(23(21)31)13-14-34-3/h5,7-12,15H,4,6,13-14H2,1-3H3. The molecule has 3 aromatic rings. The predicted octanol–water partition coefficient (Wildman–Crippen LogP) is 2.53. The Hall–Kier alpha value is -3.49. The number of nitrogens with zero attached hydrogens (tertiary/aromatic N) is 4. The van der Waals surface area contributed by atoms with Gasteiger partial charge in [0.25, 0.3) is 11.6 Å². The summed E-state index contributed by atoms with van der Waals surface area (Å²) in [6.45, 7) is 4.15. The second-order valence-corrected chi connectivity index (χ2v) is 8.47. The van der Waals surface area contributed by atoms with E-state index in [0.29, 0.717) is 29.2 Å². The number of hydrogen-bond acceptors (Lipinski definition) is 5. The molecule has 9 heteroatoms. The Morgan fingerprint density at radius 2 is 1.88 bits per heavy atom. The van der Waals surface area contributed by atoms with Gasteiger partial charge in [0.1, 0.15) is 5.57 Å². The number of ether oxygens (including phenoxy) is 1. The molecule has 4 rings (SSSR count). The molecule has 0 saturated heterocycles. The summed E-state index contributed by atoms with van der Waals surface area (Å²) in [6, 6.07) is 10.4. The van der Waals surface area contributed by atoms with Gasteiger partial charge >= 0.3 is 5.91 Å². The van der Waals surface area contributed by atoms with Gasteiger partial charge in [0, 0.05) is 29.8 Å². The molecular weight excluding hydrogens is 456 g/mol. The molecule has 2 aromatic heterocycles. The minimum absolute atomic E-state index is 0.0525. The van der Waals surface area contributed by atoms with Crippen molar-refractivity contribution in [2.45, 2.75) is 26.7 Å². The lowest BCUT2D eigenvalue weighted by Crippen LogP contribution is -2.40. The first-order valence-corrected chi connectivity index (χ1v) is 11.4. The van der Waals surface area contributed by atoms with Crippen LogP contribution in [0.2, 0.25) is 5.02 Å². The van der Waals surface area contributed by atoms with Crippen molar-refractivity contribution in [2.75, 3.05) is 20.3 Å². The number of benzene rings is 1. The van der Waals surface area contributed by atoms with Gasteiger partial charge < -0.3 is 9.84 Å². The van der Waals surface area contributed by atoms with Crippen LogP contribution in [0, 0.1) is 6.92 Å². The maximum absolute atomic E-state index is 13.7. The summed E-state index contributed by atoms with van der Waals surface area (Å²) in [4.78, 5) is 28.1. The molecule has 0 atom stereocenters. The Morgan fingerprint density at radius 1 is 1.15 bits per heavy atom. The molecule has 0 bridgehead atoms. The van der Waals surface area contributed by atoms with E-state index in [0.717, 1.165) is 10.5 Å². The normalized spacial score (nSPS) is 13.9. The minimum atomic E-state index is -0.537. The van der Waals surface area contributed by atoms with Crippen LogP contribution in [0.3, 0.4) is 0 Å². The zero-order chi connectivity index (χ0) is 24.4. The maximum Gasteiger partial charge on any atom is 0.326 e. The molecule has 0 unspecified atom stereocenters. The van der Waals surface area contributed by atoms with Gasteiger partial charge in [-0.05, 0) is 43.0 Å². The van der Waals surface area contributed by atoms with Crippen molar-refractivity contribution < 1.29 is 24.0 Å². The molecule has 0 saturated carbocycles. The van der Waals surface area contributed by atoms with Crippen LogP contribution in [0.1, 0.15) is 30.2 Å². The highest BCUT2D eigenvalue weighted by Crippen LogP contribution is 2.37. The van der Waals surface area contributed by atoms with Crippen LogP contribution in [-0.2, 0) is 20.7 Å². The number of amides is 2. The van der Waals surface area contributed by atoms with Crippen molar-refractivity contribution in [2.24, 2.45) is 0 Å². The fraction of sp³-hybridized carbons (Fsp3) is 0.280. The van der Waals surface area contributed by atoms with Gasteiger partial charge in [0.05, 0.1) is 24.5 Å². The van der Waals surface area contributed by atoms with Gasteiger partial charge in [-0.2, -0.15) is 9.67 Å². The molecule has 1 aliphatic rings. The maximum atomic E-state index is 13.7. The molecule has 176 valence electrons. The lowest BCUT2D eigenvalue weighted by Gasteiger charge is -2.15. The first-order valence-electron chi connectivity index (χ1n) is 11.0. The van der Waals surface area contributed by atoms with Crippen molar-refractivity contribution in [3.63, 3.8) is 0 Å². The summed E-state index contributed by atoms with van der Waals surface area (Å²) in [7, 11) is 1.50. The number of aromatic nitrogens is 3. The molecule has 1 aromatic carbocycles. The van der Waals surface area contributed by atoms with Gasteiger partial charge in [-0.15, -0.1) is 0 Å². The Bertz CT molecular complexity index is 1280. The van der Waals surface area contributed by atoms with Gasteiger partial charge in [-0.1, -0.05) is 31.0 Å². The van der Waals surface area contributed by atoms with E-state index in [1.165, 1.54) is 11.8 Å². The Labute approximate surface area is 202 Å². The van der Waals surface area contributed by atoms with Crippen LogP contribution in [0.4, 0.5) is 0 Å². The lowest BCUT2D eigenvalue weighted by molar-refractivity contribution is -0.577. The van der Waals surface area contributed by atoms with E-state index >= 15 is 0 Å². The largest absolute Gasteiger partial charge is 0.858 e. The van der Waals surface area contributed by atoms with Crippen molar-refractivity contribution in [3.8, 4) is 11.6 Å². The summed E-state index contributed by atoms with van der Waals surface area (Å²) in [6.07, 6.45) is 4.59. The van der Waals surface area contributed by atoms with Gasteiger partial charge in [0.2, 0.25) is 0 Å². The number of pyridine rings is 1. The topological polar surface area (TPSA) is 91.4 Å². The zero-order valence-corrected chi connectivity index (χ0v) is 20.0. The Balaban J connectivity index is 1.97. The molecule has 0 radical (unpaired) electrons. The van der Waals surface area contributed by atoms with Crippen LogP contribution in [0.5, 0.6) is 5.88 Å². The number of methoxy groups -OCH3 is 1. The van der Waals surface area contributed by atoms with Crippen molar-refractivity contribution in [1.82, 2.24) is 14.7 Å². The van der Waals surface area contributed by atoms with Crippen LogP contribution in [-0.4, -0.2) is 46.8 Å². The van der Waals surface area contributed by atoms with Crippen molar-refractivity contribution in [1.29, 1.82) is 0 Å². The summed E-state index contributed by atoms with van der Waals surface area (Å²) < 4.78 is 7.92. The van der Waals surface area contributed by atoms with Crippen LogP contribution < -0.4 is 9.67 Å². The third-order valence-electron chi connectivity index (χ3n) is 5.62. The molecule has 34 heavy (non-hydrogen) atoms. The summed E-state index contributed by atoms with van der Waals surface area (Å²) in [5, 5.41) is 18.7. The highest BCUT2D eigenvalue weighted by molar-refractivity contribution is 6.45. The van der Waals surface area contributed by atoms with Crippen LogP contribution >= 0.6 is 11.6 Å². The Kier molecular flexibility index (Phi) is 6.81. The number of carbonyl (C=O) groups excluding carboxylic acids is 2. The monoisotopic (exact) mass is 480 g/mol. The number of hydrogen-bond donors (Lipinski definition) is 0. The van der Waals surface area contributed by atoms with E-state index in [1.54, 1.807) is 41.2 Å². The number of halogens is 1. The minimum Gasteiger partial charge on any atom is -0.858 e. The van der Waals surface area contributed by atoms with E-state index in [-0.39, 0.29) is 30.0 Å². The fourth-order valence-corrected chi connectivity index (χ4v) is 4.14. The van der Waals surface area contributed by atoms with E-state index in [2.05, 4.69) is 5.10 Å². The van der Waals surface area contributed by atoms with Crippen LogP contribution in [0.25, 0.3) is 17.0 Å². The zero-order valence-electron chi connectivity index (χ0n) is 19.2. The molecule has 0 N–H and O–H groups in total. The molecule has 8 nitrogen and oxygen atoms in total. The molecule has 3 heterocycles. The van der Waals surface area contributed by atoms with E-state index < -0.39 is 17.7 Å². The van der Waals surface area contributed by atoms with E-state index in [4.69, 9.17) is 16.3 Å². The number of carbonyl (C=O) groups is 2. The van der Waals surface area contributed by atoms with Gasteiger partial charge in [0.15, 0.2) is 12.4 Å². The quantitative estimate of drug-likeness (QED) is 0.365. The number of imide groups is 1. The fourth-order valence-electron chi connectivity index (χ4n) is 3.96. The summed E-state index contributed by atoms with van der Waals surface area (Å²) >= 11 is 6.13. The predicted molar refractivity (Wildman–Crippen MR) is 125 cm³/mol.